The van der Waals surface area contributed by atoms with Crippen molar-refractivity contribution in [2.75, 3.05) is 0 Å². The molecular formula is C13H16F3NO2. The molecule has 4 aliphatic rings. The maximum atomic E-state index is 12.2. The molecule has 2 amide bonds. The number of rotatable bonds is 1. The number of amides is 2. The summed E-state index contributed by atoms with van der Waals surface area (Å²) in [6, 6.07) is 0. The Morgan fingerprint density at radius 3 is 1.74 bits per heavy atom. The van der Waals surface area contributed by atoms with Crippen molar-refractivity contribution in [3.05, 3.63) is 0 Å². The van der Waals surface area contributed by atoms with Crippen LogP contribution in [0.1, 0.15) is 38.5 Å². The van der Waals surface area contributed by atoms with Crippen LogP contribution >= 0.6 is 0 Å². The standard InChI is InChI=1S/C13H16F3NO2/c14-13(15,16)11(19)17-10(18)12-4-7-1-8(5-12)3-9(2-7)6-12/h7-9H,1-6H2,(H,17,18,19). The van der Waals surface area contributed by atoms with E-state index < -0.39 is 23.4 Å². The summed E-state index contributed by atoms with van der Waals surface area (Å²) in [5.74, 6) is -1.46. The van der Waals surface area contributed by atoms with Gasteiger partial charge in [-0.05, 0) is 56.3 Å². The third-order valence-corrected chi connectivity index (χ3v) is 5.00. The molecule has 3 nitrogen and oxygen atoms in total. The van der Waals surface area contributed by atoms with Gasteiger partial charge < -0.3 is 0 Å². The molecule has 0 heterocycles. The summed E-state index contributed by atoms with van der Waals surface area (Å²) in [5.41, 5.74) is -0.713. The fourth-order valence-corrected chi connectivity index (χ4v) is 4.70. The molecule has 0 aromatic rings. The number of carbonyl (C=O) groups excluding carboxylic acids is 2. The number of imide groups is 1. The Morgan fingerprint density at radius 2 is 1.37 bits per heavy atom. The predicted octanol–water partition coefficient (Wildman–Crippen LogP) is 2.41. The highest BCUT2D eigenvalue weighted by atomic mass is 19.4. The zero-order valence-electron chi connectivity index (χ0n) is 10.4. The monoisotopic (exact) mass is 275 g/mol. The molecule has 6 heteroatoms. The van der Waals surface area contributed by atoms with E-state index in [0.29, 0.717) is 37.0 Å². The van der Waals surface area contributed by atoms with Gasteiger partial charge in [0.2, 0.25) is 5.91 Å². The van der Waals surface area contributed by atoms with E-state index in [1.165, 1.54) is 0 Å². The van der Waals surface area contributed by atoms with Crippen molar-refractivity contribution >= 4 is 11.8 Å². The predicted molar refractivity (Wildman–Crippen MR) is 59.8 cm³/mol. The van der Waals surface area contributed by atoms with Crippen LogP contribution in [0.2, 0.25) is 0 Å². The largest absolute Gasteiger partial charge is 0.471 e. The number of halogens is 3. The summed E-state index contributed by atoms with van der Waals surface area (Å²) < 4.78 is 36.7. The van der Waals surface area contributed by atoms with Crippen LogP contribution in [0.15, 0.2) is 0 Å². The molecule has 0 aromatic carbocycles. The first-order valence-electron chi connectivity index (χ1n) is 6.71. The van der Waals surface area contributed by atoms with Crippen LogP contribution in [-0.2, 0) is 9.59 Å². The molecule has 0 aromatic heterocycles. The summed E-state index contributed by atoms with van der Waals surface area (Å²) in [6.07, 6.45) is 0.249. The van der Waals surface area contributed by atoms with Gasteiger partial charge in [0.05, 0.1) is 5.41 Å². The topological polar surface area (TPSA) is 46.2 Å². The van der Waals surface area contributed by atoms with E-state index in [0.717, 1.165) is 19.3 Å². The third kappa shape index (κ3) is 2.15. The molecular weight excluding hydrogens is 259 g/mol. The molecule has 4 rings (SSSR count). The van der Waals surface area contributed by atoms with Gasteiger partial charge in [0.15, 0.2) is 0 Å². The van der Waals surface area contributed by atoms with Crippen LogP contribution in [-0.4, -0.2) is 18.0 Å². The molecule has 4 saturated carbocycles. The van der Waals surface area contributed by atoms with E-state index in [1.807, 2.05) is 0 Å². The molecule has 4 bridgehead atoms. The summed E-state index contributed by atoms with van der Waals surface area (Å²) in [6.45, 7) is 0. The SMILES string of the molecule is O=C(NC(=O)C12CC3CC(CC(C3)C1)C2)C(F)(F)F. The van der Waals surface area contributed by atoms with E-state index >= 15 is 0 Å². The molecule has 0 spiro atoms. The van der Waals surface area contributed by atoms with Crippen LogP contribution in [0.25, 0.3) is 0 Å². The van der Waals surface area contributed by atoms with E-state index in [9.17, 15) is 22.8 Å². The van der Waals surface area contributed by atoms with Crippen LogP contribution < -0.4 is 5.32 Å². The fraction of sp³-hybridized carbons (Fsp3) is 0.846. The molecule has 4 fully saturated rings. The Morgan fingerprint density at radius 1 is 0.947 bits per heavy atom. The highest BCUT2D eigenvalue weighted by molar-refractivity contribution is 6.00. The number of nitrogens with one attached hydrogen (secondary N) is 1. The second kappa shape index (κ2) is 3.96. The first-order valence-corrected chi connectivity index (χ1v) is 6.71. The van der Waals surface area contributed by atoms with Crippen molar-refractivity contribution in [3.8, 4) is 0 Å². The molecule has 106 valence electrons. The lowest BCUT2D eigenvalue weighted by Gasteiger charge is -2.55. The lowest BCUT2D eigenvalue weighted by Crippen LogP contribution is -2.56. The second-order valence-electron chi connectivity index (χ2n) is 6.48. The minimum Gasteiger partial charge on any atom is -0.288 e. The molecule has 0 unspecified atom stereocenters. The highest BCUT2D eigenvalue weighted by Gasteiger charge is 2.55. The Balaban J connectivity index is 1.75. The van der Waals surface area contributed by atoms with Crippen molar-refractivity contribution in [1.82, 2.24) is 5.32 Å². The van der Waals surface area contributed by atoms with Gasteiger partial charge in [0.25, 0.3) is 0 Å². The number of hydrogen-bond donors (Lipinski definition) is 1. The fourth-order valence-electron chi connectivity index (χ4n) is 4.70. The second-order valence-corrected chi connectivity index (χ2v) is 6.48. The van der Waals surface area contributed by atoms with Crippen molar-refractivity contribution < 1.29 is 22.8 Å². The average molecular weight is 275 g/mol. The lowest BCUT2D eigenvalue weighted by molar-refractivity contribution is -0.177. The first kappa shape index (κ1) is 12.9. The average Bonchev–Trinajstić information content (AvgIpc) is 2.25. The zero-order valence-corrected chi connectivity index (χ0v) is 10.4. The van der Waals surface area contributed by atoms with Crippen LogP contribution in [0, 0.1) is 23.2 Å². The van der Waals surface area contributed by atoms with Gasteiger partial charge in [-0.2, -0.15) is 13.2 Å². The number of carbonyl (C=O) groups is 2. The maximum absolute atomic E-state index is 12.2. The Bertz CT molecular complexity index is 395. The highest BCUT2D eigenvalue weighted by Crippen LogP contribution is 2.60. The quantitative estimate of drug-likeness (QED) is 0.798. The maximum Gasteiger partial charge on any atom is 0.471 e. The smallest absolute Gasteiger partial charge is 0.288 e. The Labute approximate surface area is 108 Å². The van der Waals surface area contributed by atoms with Gasteiger partial charge in [0, 0.05) is 0 Å². The van der Waals surface area contributed by atoms with E-state index in [-0.39, 0.29) is 0 Å². The van der Waals surface area contributed by atoms with E-state index in [4.69, 9.17) is 0 Å². The minimum atomic E-state index is -4.99. The summed E-state index contributed by atoms with van der Waals surface area (Å²) in [4.78, 5) is 23.0. The van der Waals surface area contributed by atoms with Gasteiger partial charge in [-0.25, -0.2) is 0 Å². The van der Waals surface area contributed by atoms with Gasteiger partial charge in [-0.1, -0.05) is 0 Å². The van der Waals surface area contributed by atoms with Gasteiger partial charge in [-0.15, -0.1) is 0 Å². The molecule has 4 aliphatic carbocycles. The van der Waals surface area contributed by atoms with Crippen LogP contribution in [0.3, 0.4) is 0 Å². The zero-order chi connectivity index (χ0) is 13.8. The summed E-state index contributed by atoms with van der Waals surface area (Å²) in [5, 5.41) is 1.57. The minimum absolute atomic E-state index is 0.456. The van der Waals surface area contributed by atoms with Crippen molar-refractivity contribution in [1.29, 1.82) is 0 Å². The van der Waals surface area contributed by atoms with Gasteiger partial charge in [-0.3, -0.25) is 14.9 Å². The number of alkyl halides is 3. The molecule has 19 heavy (non-hydrogen) atoms. The van der Waals surface area contributed by atoms with Crippen molar-refractivity contribution in [3.63, 3.8) is 0 Å². The third-order valence-electron chi connectivity index (χ3n) is 5.00. The summed E-state index contributed by atoms with van der Waals surface area (Å²) >= 11 is 0. The van der Waals surface area contributed by atoms with E-state index in [1.54, 1.807) is 5.32 Å². The first-order chi connectivity index (χ1) is 8.78. The summed E-state index contributed by atoms with van der Waals surface area (Å²) in [7, 11) is 0. The van der Waals surface area contributed by atoms with Gasteiger partial charge in [0.1, 0.15) is 0 Å². The Kier molecular flexibility index (Phi) is 2.70. The molecule has 1 N–H and O–H groups in total. The normalized spacial score (nSPS) is 40.3. The van der Waals surface area contributed by atoms with Crippen molar-refractivity contribution in [2.45, 2.75) is 44.7 Å². The van der Waals surface area contributed by atoms with Crippen LogP contribution in [0.4, 0.5) is 13.2 Å². The molecule has 0 saturated heterocycles. The van der Waals surface area contributed by atoms with E-state index in [2.05, 4.69) is 0 Å². The molecule has 0 atom stereocenters. The molecule has 0 aliphatic heterocycles. The van der Waals surface area contributed by atoms with Crippen molar-refractivity contribution in [2.24, 2.45) is 23.2 Å². The lowest BCUT2D eigenvalue weighted by atomic mass is 9.49. The van der Waals surface area contributed by atoms with Crippen LogP contribution in [0.5, 0.6) is 0 Å². The Hall–Kier alpha value is -1.07. The number of hydrogen-bond acceptors (Lipinski definition) is 2. The van der Waals surface area contributed by atoms with Gasteiger partial charge >= 0.3 is 12.1 Å². The molecule has 0 radical (unpaired) electrons.